The lowest BCUT2D eigenvalue weighted by Crippen LogP contribution is -2.27. The van der Waals surface area contributed by atoms with Crippen LogP contribution in [0.3, 0.4) is 0 Å². The van der Waals surface area contributed by atoms with Crippen molar-refractivity contribution in [2.75, 3.05) is 11.0 Å². The number of hydrogen-bond acceptors (Lipinski definition) is 3. The normalized spacial score (nSPS) is 12.5. The van der Waals surface area contributed by atoms with Crippen LogP contribution in [0.5, 0.6) is 0 Å². The summed E-state index contributed by atoms with van der Waals surface area (Å²) in [5.74, 6) is -0.238. The van der Waals surface area contributed by atoms with Crippen molar-refractivity contribution in [1.29, 1.82) is 0 Å². The fourth-order valence-electron chi connectivity index (χ4n) is 2.40. The van der Waals surface area contributed by atoms with E-state index in [-0.39, 0.29) is 11.9 Å². The smallest absolute Gasteiger partial charge is 0.252 e. The van der Waals surface area contributed by atoms with Gasteiger partial charge in [-0.15, -0.1) is 0 Å². The molecule has 0 bridgehead atoms. The van der Waals surface area contributed by atoms with Crippen LogP contribution in [-0.2, 0) is 10.0 Å². The molecule has 0 aliphatic carbocycles. The molecule has 24 heavy (non-hydrogen) atoms. The highest BCUT2D eigenvalue weighted by Gasteiger charge is 2.16. The van der Waals surface area contributed by atoms with Gasteiger partial charge >= 0.3 is 0 Å². The summed E-state index contributed by atoms with van der Waals surface area (Å²) in [6, 6.07) is 12.8. The number of benzene rings is 2. The summed E-state index contributed by atoms with van der Waals surface area (Å²) in [4.78, 5) is 12.5. The molecule has 0 saturated carbocycles. The van der Waals surface area contributed by atoms with Crippen LogP contribution in [0.4, 0.5) is 5.69 Å². The van der Waals surface area contributed by atoms with Crippen LogP contribution < -0.4 is 10.0 Å². The highest BCUT2D eigenvalue weighted by Crippen LogP contribution is 2.21. The second kappa shape index (κ2) is 7.05. The highest BCUT2D eigenvalue weighted by molar-refractivity contribution is 7.92. The van der Waals surface area contributed by atoms with E-state index in [1.54, 1.807) is 25.1 Å². The Bertz CT molecular complexity index is 843. The average molecular weight is 346 g/mol. The van der Waals surface area contributed by atoms with E-state index in [2.05, 4.69) is 10.0 Å². The first-order valence-corrected chi connectivity index (χ1v) is 9.51. The third-order valence-corrected chi connectivity index (χ3v) is 4.39. The lowest BCUT2D eigenvalue weighted by Gasteiger charge is -2.17. The molecule has 0 radical (unpaired) electrons. The molecule has 2 N–H and O–H groups in total. The molecule has 2 aromatic carbocycles. The standard InChI is InChI=1S/C18H22N2O3S/c1-12-8-10-15(11-9-12)14(3)19-18(21)16-6-5-7-17(13(16)2)20-24(4,22)23/h5-11,14,20H,1-4H3,(H,19,21). The Hall–Kier alpha value is -2.34. The SMILES string of the molecule is Cc1ccc(C(C)NC(=O)c2cccc(NS(C)(=O)=O)c2C)cc1. The van der Waals surface area contributed by atoms with Gasteiger partial charge in [-0.2, -0.15) is 0 Å². The van der Waals surface area contributed by atoms with Crippen LogP contribution in [0.1, 0.15) is 40.0 Å². The average Bonchev–Trinajstić information content (AvgIpc) is 2.48. The largest absolute Gasteiger partial charge is 0.346 e. The summed E-state index contributed by atoms with van der Waals surface area (Å²) in [6.07, 6.45) is 1.08. The zero-order valence-corrected chi connectivity index (χ0v) is 15.1. The molecule has 1 unspecified atom stereocenters. The Morgan fingerprint density at radius 1 is 1.04 bits per heavy atom. The molecule has 128 valence electrons. The van der Waals surface area contributed by atoms with E-state index in [9.17, 15) is 13.2 Å². The number of carbonyl (C=O) groups excluding carboxylic acids is 1. The Labute approximate surface area is 143 Å². The fourth-order valence-corrected chi connectivity index (χ4v) is 3.03. The Kier molecular flexibility index (Phi) is 5.29. The topological polar surface area (TPSA) is 75.3 Å². The Balaban J connectivity index is 2.20. The minimum Gasteiger partial charge on any atom is -0.346 e. The number of hydrogen-bond donors (Lipinski definition) is 2. The second-order valence-electron chi connectivity index (χ2n) is 5.96. The summed E-state index contributed by atoms with van der Waals surface area (Å²) < 4.78 is 25.3. The van der Waals surface area contributed by atoms with Crippen molar-refractivity contribution in [3.8, 4) is 0 Å². The van der Waals surface area contributed by atoms with Gasteiger partial charge in [-0.1, -0.05) is 35.9 Å². The third-order valence-electron chi connectivity index (χ3n) is 3.80. The Morgan fingerprint density at radius 2 is 1.67 bits per heavy atom. The molecule has 1 amide bonds. The maximum absolute atomic E-state index is 12.5. The zero-order valence-electron chi connectivity index (χ0n) is 14.3. The van der Waals surface area contributed by atoms with Crippen molar-refractivity contribution in [2.45, 2.75) is 26.8 Å². The van der Waals surface area contributed by atoms with Gasteiger partial charge in [-0.25, -0.2) is 8.42 Å². The van der Waals surface area contributed by atoms with Gasteiger partial charge in [-0.05, 0) is 44.0 Å². The lowest BCUT2D eigenvalue weighted by atomic mass is 10.0. The van der Waals surface area contributed by atoms with Gasteiger partial charge in [0, 0.05) is 5.56 Å². The van der Waals surface area contributed by atoms with Crippen LogP contribution in [0, 0.1) is 13.8 Å². The van der Waals surface area contributed by atoms with E-state index in [0.29, 0.717) is 16.8 Å². The molecule has 0 aliphatic rings. The number of nitrogens with one attached hydrogen (secondary N) is 2. The van der Waals surface area contributed by atoms with E-state index in [1.807, 2.05) is 38.1 Å². The van der Waals surface area contributed by atoms with Crippen molar-refractivity contribution in [2.24, 2.45) is 0 Å². The molecule has 5 nitrogen and oxygen atoms in total. The molecule has 6 heteroatoms. The maximum Gasteiger partial charge on any atom is 0.252 e. The van der Waals surface area contributed by atoms with Crippen LogP contribution in [-0.4, -0.2) is 20.6 Å². The molecular formula is C18H22N2O3S. The third kappa shape index (κ3) is 4.58. The van der Waals surface area contributed by atoms with E-state index in [0.717, 1.165) is 17.4 Å². The molecule has 2 aromatic rings. The van der Waals surface area contributed by atoms with E-state index < -0.39 is 10.0 Å². The molecule has 0 aromatic heterocycles. The molecule has 0 saturated heterocycles. The van der Waals surface area contributed by atoms with Crippen molar-refractivity contribution in [1.82, 2.24) is 5.32 Å². The minimum atomic E-state index is -3.39. The number of anilines is 1. The summed E-state index contributed by atoms with van der Waals surface area (Å²) in [5, 5.41) is 2.95. The predicted octanol–water partition coefficient (Wildman–Crippen LogP) is 3.17. The summed E-state index contributed by atoms with van der Waals surface area (Å²) in [5.41, 5.74) is 3.62. The summed E-state index contributed by atoms with van der Waals surface area (Å²) in [6.45, 7) is 5.64. The van der Waals surface area contributed by atoms with Crippen molar-refractivity contribution in [3.05, 3.63) is 64.7 Å². The molecule has 2 rings (SSSR count). The van der Waals surface area contributed by atoms with E-state index in [4.69, 9.17) is 0 Å². The van der Waals surface area contributed by atoms with Gasteiger partial charge in [0.05, 0.1) is 18.0 Å². The van der Waals surface area contributed by atoms with Gasteiger partial charge in [0.25, 0.3) is 5.91 Å². The van der Waals surface area contributed by atoms with Gasteiger partial charge in [-0.3, -0.25) is 9.52 Å². The number of carbonyl (C=O) groups is 1. The van der Waals surface area contributed by atoms with Crippen LogP contribution in [0.25, 0.3) is 0 Å². The molecule has 0 aliphatic heterocycles. The van der Waals surface area contributed by atoms with E-state index >= 15 is 0 Å². The first-order valence-electron chi connectivity index (χ1n) is 7.62. The number of rotatable bonds is 5. The summed E-state index contributed by atoms with van der Waals surface area (Å²) >= 11 is 0. The van der Waals surface area contributed by atoms with Crippen molar-refractivity contribution >= 4 is 21.6 Å². The fraction of sp³-hybridized carbons (Fsp3) is 0.278. The van der Waals surface area contributed by atoms with Gasteiger partial charge in [0.2, 0.25) is 10.0 Å². The molecule has 0 spiro atoms. The predicted molar refractivity (Wildman–Crippen MR) is 96.7 cm³/mol. The van der Waals surface area contributed by atoms with Crippen LogP contribution in [0.2, 0.25) is 0 Å². The number of sulfonamides is 1. The Morgan fingerprint density at radius 3 is 2.25 bits per heavy atom. The highest BCUT2D eigenvalue weighted by atomic mass is 32.2. The monoisotopic (exact) mass is 346 g/mol. The minimum absolute atomic E-state index is 0.149. The van der Waals surface area contributed by atoms with Crippen molar-refractivity contribution in [3.63, 3.8) is 0 Å². The van der Waals surface area contributed by atoms with Gasteiger partial charge in [0.15, 0.2) is 0 Å². The first-order chi connectivity index (χ1) is 11.2. The number of amides is 1. The number of aryl methyl sites for hydroxylation is 1. The summed E-state index contributed by atoms with van der Waals surface area (Å²) in [7, 11) is -3.39. The first kappa shape index (κ1) is 18.0. The van der Waals surface area contributed by atoms with Crippen LogP contribution in [0.15, 0.2) is 42.5 Å². The van der Waals surface area contributed by atoms with Gasteiger partial charge < -0.3 is 5.32 Å². The van der Waals surface area contributed by atoms with Gasteiger partial charge in [0.1, 0.15) is 0 Å². The van der Waals surface area contributed by atoms with Crippen LogP contribution >= 0.6 is 0 Å². The molecular weight excluding hydrogens is 324 g/mol. The molecule has 1 atom stereocenters. The zero-order chi connectivity index (χ0) is 17.9. The second-order valence-corrected chi connectivity index (χ2v) is 7.71. The molecule has 0 fully saturated rings. The maximum atomic E-state index is 12.5. The van der Waals surface area contributed by atoms with Crippen molar-refractivity contribution < 1.29 is 13.2 Å². The van der Waals surface area contributed by atoms with E-state index in [1.165, 1.54) is 0 Å². The molecule has 0 heterocycles. The quantitative estimate of drug-likeness (QED) is 0.873. The lowest BCUT2D eigenvalue weighted by molar-refractivity contribution is 0.0939.